The van der Waals surface area contributed by atoms with Crippen molar-refractivity contribution >= 4 is 40.9 Å². The van der Waals surface area contributed by atoms with Gasteiger partial charge in [-0.15, -0.1) is 12.4 Å². The van der Waals surface area contributed by atoms with Crippen molar-refractivity contribution < 1.29 is 9.53 Å². The minimum absolute atomic E-state index is 0. The number of hydrogen-bond acceptors (Lipinski definition) is 3. The Morgan fingerprint density at radius 1 is 1.44 bits per heavy atom. The van der Waals surface area contributed by atoms with Gasteiger partial charge in [0.1, 0.15) is 5.75 Å². The molecule has 0 aliphatic heterocycles. The number of amides is 1. The first kappa shape index (κ1) is 17.5. The van der Waals surface area contributed by atoms with Crippen LogP contribution in [0.3, 0.4) is 0 Å². The van der Waals surface area contributed by atoms with Crippen LogP contribution >= 0.6 is 35.0 Å². The number of nitrogens with two attached hydrogens (primary N) is 1. The zero-order valence-corrected chi connectivity index (χ0v) is 13.2. The lowest BCUT2D eigenvalue weighted by molar-refractivity contribution is 0.0952. The summed E-state index contributed by atoms with van der Waals surface area (Å²) in [6.07, 6.45) is 1.84. The summed E-state index contributed by atoms with van der Waals surface area (Å²) in [5.41, 5.74) is 6.06. The Bertz CT molecular complexity index is 388. The molecule has 1 amide bonds. The summed E-state index contributed by atoms with van der Waals surface area (Å²) < 4.78 is 5.98. The van der Waals surface area contributed by atoms with Crippen LogP contribution in [0.4, 0.5) is 0 Å². The SMILES string of the molecule is COc1ccc(C(=O)NCCCCN)c(I)c1.Cl. The molecule has 4 nitrogen and oxygen atoms in total. The Labute approximate surface area is 127 Å². The summed E-state index contributed by atoms with van der Waals surface area (Å²) in [5, 5.41) is 2.87. The Kier molecular flexibility index (Phi) is 9.13. The Morgan fingerprint density at radius 3 is 2.72 bits per heavy atom. The third-order valence-electron chi connectivity index (χ3n) is 2.34. The summed E-state index contributed by atoms with van der Waals surface area (Å²) in [5.74, 6) is 0.711. The van der Waals surface area contributed by atoms with Crippen molar-refractivity contribution in [2.24, 2.45) is 5.73 Å². The van der Waals surface area contributed by atoms with Crippen LogP contribution in [-0.4, -0.2) is 26.1 Å². The number of ether oxygens (including phenoxy) is 1. The number of benzene rings is 1. The maximum Gasteiger partial charge on any atom is 0.252 e. The molecule has 0 unspecified atom stereocenters. The predicted molar refractivity (Wildman–Crippen MR) is 83.6 cm³/mol. The van der Waals surface area contributed by atoms with E-state index in [0.29, 0.717) is 18.7 Å². The summed E-state index contributed by atoms with van der Waals surface area (Å²) in [6.45, 7) is 1.33. The molecule has 102 valence electrons. The van der Waals surface area contributed by atoms with Crippen molar-refractivity contribution in [2.75, 3.05) is 20.2 Å². The van der Waals surface area contributed by atoms with Gasteiger partial charge in [-0.1, -0.05) is 0 Å². The van der Waals surface area contributed by atoms with Gasteiger partial charge in [0.05, 0.1) is 12.7 Å². The molecule has 18 heavy (non-hydrogen) atoms. The number of nitrogens with one attached hydrogen (secondary N) is 1. The minimum Gasteiger partial charge on any atom is -0.497 e. The molecule has 1 aromatic rings. The van der Waals surface area contributed by atoms with E-state index in [4.69, 9.17) is 10.5 Å². The quantitative estimate of drug-likeness (QED) is 0.584. The highest BCUT2D eigenvalue weighted by Crippen LogP contribution is 2.19. The van der Waals surface area contributed by atoms with Crippen LogP contribution in [-0.2, 0) is 0 Å². The van der Waals surface area contributed by atoms with Crippen molar-refractivity contribution in [3.05, 3.63) is 27.3 Å². The van der Waals surface area contributed by atoms with E-state index in [0.717, 1.165) is 22.2 Å². The van der Waals surface area contributed by atoms with Crippen LogP contribution in [0.5, 0.6) is 5.75 Å². The van der Waals surface area contributed by atoms with E-state index >= 15 is 0 Å². The minimum atomic E-state index is -0.0472. The topological polar surface area (TPSA) is 64.3 Å². The summed E-state index contributed by atoms with van der Waals surface area (Å²) in [6, 6.07) is 5.41. The van der Waals surface area contributed by atoms with Gasteiger partial charge < -0.3 is 15.8 Å². The number of hydrogen-bond donors (Lipinski definition) is 2. The molecule has 0 aliphatic rings. The van der Waals surface area contributed by atoms with Crippen LogP contribution in [0.2, 0.25) is 0 Å². The monoisotopic (exact) mass is 384 g/mol. The lowest BCUT2D eigenvalue weighted by Gasteiger charge is -2.08. The first-order chi connectivity index (χ1) is 8.19. The van der Waals surface area contributed by atoms with E-state index in [2.05, 4.69) is 27.9 Å². The molecule has 0 atom stereocenters. The number of carbonyl (C=O) groups excluding carboxylic acids is 1. The highest BCUT2D eigenvalue weighted by molar-refractivity contribution is 14.1. The van der Waals surface area contributed by atoms with Gasteiger partial charge in [0.15, 0.2) is 0 Å². The van der Waals surface area contributed by atoms with Gasteiger partial charge in [-0.25, -0.2) is 0 Å². The van der Waals surface area contributed by atoms with Crippen molar-refractivity contribution in [2.45, 2.75) is 12.8 Å². The lowest BCUT2D eigenvalue weighted by Crippen LogP contribution is -2.25. The molecule has 6 heteroatoms. The summed E-state index contributed by atoms with van der Waals surface area (Å²) in [7, 11) is 1.61. The fraction of sp³-hybridized carbons (Fsp3) is 0.417. The van der Waals surface area contributed by atoms with Gasteiger partial charge in [0.25, 0.3) is 5.91 Å². The molecule has 0 fully saturated rings. The molecule has 0 aliphatic carbocycles. The van der Waals surface area contributed by atoms with Crippen LogP contribution in [0.25, 0.3) is 0 Å². The smallest absolute Gasteiger partial charge is 0.252 e. The highest BCUT2D eigenvalue weighted by atomic mass is 127. The molecule has 0 spiro atoms. The Hall–Kier alpha value is -0.530. The number of halogens is 2. The second kappa shape index (κ2) is 9.41. The van der Waals surface area contributed by atoms with E-state index in [1.165, 1.54) is 0 Å². The number of unbranched alkanes of at least 4 members (excludes halogenated alkanes) is 1. The first-order valence-corrected chi connectivity index (χ1v) is 6.58. The normalized spacial score (nSPS) is 9.50. The molecule has 0 bridgehead atoms. The van der Waals surface area contributed by atoms with Crippen LogP contribution < -0.4 is 15.8 Å². The molecular formula is C12H18ClIN2O2. The lowest BCUT2D eigenvalue weighted by atomic mass is 10.2. The van der Waals surface area contributed by atoms with E-state index in [-0.39, 0.29) is 18.3 Å². The standard InChI is InChI=1S/C12H17IN2O2.ClH/c1-17-9-4-5-10(11(13)8-9)12(16)15-7-3-2-6-14;/h4-5,8H,2-3,6-7,14H2,1H3,(H,15,16);1H. The average molecular weight is 385 g/mol. The maximum absolute atomic E-state index is 11.8. The zero-order valence-electron chi connectivity index (χ0n) is 10.2. The van der Waals surface area contributed by atoms with Crippen molar-refractivity contribution in [1.82, 2.24) is 5.32 Å². The maximum atomic E-state index is 11.8. The molecule has 1 rings (SSSR count). The highest BCUT2D eigenvalue weighted by Gasteiger charge is 2.09. The van der Waals surface area contributed by atoms with Gasteiger partial charge in [-0.3, -0.25) is 4.79 Å². The van der Waals surface area contributed by atoms with Crippen LogP contribution in [0.1, 0.15) is 23.2 Å². The van der Waals surface area contributed by atoms with E-state index < -0.39 is 0 Å². The van der Waals surface area contributed by atoms with E-state index in [9.17, 15) is 4.79 Å². The molecular weight excluding hydrogens is 367 g/mol. The van der Waals surface area contributed by atoms with Crippen LogP contribution in [0, 0.1) is 3.57 Å². The van der Waals surface area contributed by atoms with Gasteiger partial charge in [0.2, 0.25) is 0 Å². The summed E-state index contributed by atoms with van der Waals surface area (Å²) in [4.78, 5) is 11.8. The third kappa shape index (κ3) is 5.41. The van der Waals surface area contributed by atoms with Gasteiger partial charge in [-0.05, 0) is 60.2 Å². The first-order valence-electron chi connectivity index (χ1n) is 5.51. The number of carbonyl (C=O) groups is 1. The van der Waals surface area contributed by atoms with Gasteiger partial charge in [-0.2, -0.15) is 0 Å². The number of rotatable bonds is 6. The van der Waals surface area contributed by atoms with Gasteiger partial charge in [0, 0.05) is 10.1 Å². The van der Waals surface area contributed by atoms with E-state index in [1.54, 1.807) is 19.2 Å². The largest absolute Gasteiger partial charge is 0.497 e. The average Bonchev–Trinajstić information content (AvgIpc) is 2.34. The van der Waals surface area contributed by atoms with Gasteiger partial charge >= 0.3 is 0 Å². The van der Waals surface area contributed by atoms with Crippen molar-refractivity contribution in [1.29, 1.82) is 0 Å². The second-order valence-corrected chi connectivity index (χ2v) is 4.76. The third-order valence-corrected chi connectivity index (χ3v) is 3.23. The second-order valence-electron chi connectivity index (χ2n) is 3.60. The predicted octanol–water partition coefficient (Wildman–Crippen LogP) is 2.19. The molecule has 3 N–H and O–H groups in total. The molecule has 0 aromatic heterocycles. The van der Waals surface area contributed by atoms with Crippen molar-refractivity contribution in [3.8, 4) is 5.75 Å². The molecule has 0 radical (unpaired) electrons. The Balaban J connectivity index is 0.00000289. The van der Waals surface area contributed by atoms with Crippen molar-refractivity contribution in [3.63, 3.8) is 0 Å². The zero-order chi connectivity index (χ0) is 12.7. The summed E-state index contributed by atoms with van der Waals surface area (Å²) >= 11 is 2.13. The van der Waals surface area contributed by atoms with Crippen LogP contribution in [0.15, 0.2) is 18.2 Å². The number of methoxy groups -OCH3 is 1. The molecule has 0 saturated heterocycles. The fourth-order valence-electron chi connectivity index (χ4n) is 1.37. The Morgan fingerprint density at radius 2 is 2.17 bits per heavy atom. The van der Waals surface area contributed by atoms with E-state index in [1.807, 2.05) is 6.07 Å². The fourth-order valence-corrected chi connectivity index (χ4v) is 2.11. The molecule has 0 heterocycles. The molecule has 0 saturated carbocycles. The molecule has 1 aromatic carbocycles.